The molecule has 0 spiro atoms. The number of ether oxygens (including phenoxy) is 1. The third-order valence-electron chi connectivity index (χ3n) is 2.93. The van der Waals surface area contributed by atoms with Crippen molar-refractivity contribution in [3.8, 4) is 17.1 Å². The lowest BCUT2D eigenvalue weighted by molar-refractivity contribution is 0.242. The van der Waals surface area contributed by atoms with Crippen molar-refractivity contribution in [3.05, 3.63) is 30.1 Å². The number of H-pyrrole nitrogens is 1. The summed E-state index contributed by atoms with van der Waals surface area (Å²) in [5, 5.41) is 7.30. The Labute approximate surface area is 106 Å². The Kier molecular flexibility index (Phi) is 2.78. The first-order valence-electron chi connectivity index (χ1n) is 6.42. The van der Waals surface area contributed by atoms with E-state index in [1.54, 1.807) is 0 Å². The third kappa shape index (κ3) is 2.37. The van der Waals surface area contributed by atoms with Crippen LogP contribution in [-0.2, 0) is 0 Å². The molecule has 1 aliphatic rings. The highest BCUT2D eigenvalue weighted by Crippen LogP contribution is 2.38. The van der Waals surface area contributed by atoms with Gasteiger partial charge in [0.05, 0.1) is 6.10 Å². The second-order valence-corrected chi connectivity index (χ2v) is 5.01. The summed E-state index contributed by atoms with van der Waals surface area (Å²) in [6.45, 7) is 4.04. The minimum atomic E-state index is 0.175. The molecule has 4 heteroatoms. The van der Waals surface area contributed by atoms with Crippen molar-refractivity contribution in [2.45, 2.75) is 38.7 Å². The molecule has 1 saturated carbocycles. The number of aromatic nitrogens is 3. The van der Waals surface area contributed by atoms with Crippen LogP contribution in [0.3, 0.4) is 0 Å². The van der Waals surface area contributed by atoms with Crippen LogP contribution in [0.2, 0.25) is 0 Å². The standard InChI is InChI=1S/C14H17N3O/c1-9(2)18-12-5-3-4-11(8-12)14-15-13(16-17-14)10-6-7-10/h3-5,8-10H,6-7H2,1-2H3,(H,15,16,17). The van der Waals surface area contributed by atoms with Crippen molar-refractivity contribution in [1.82, 2.24) is 15.2 Å². The molecule has 18 heavy (non-hydrogen) atoms. The Balaban J connectivity index is 1.85. The maximum absolute atomic E-state index is 5.68. The molecule has 0 amide bonds. The minimum Gasteiger partial charge on any atom is -0.491 e. The molecule has 1 heterocycles. The Morgan fingerprint density at radius 2 is 2.17 bits per heavy atom. The molecule has 1 aromatic carbocycles. The van der Waals surface area contributed by atoms with E-state index in [1.165, 1.54) is 12.8 Å². The summed E-state index contributed by atoms with van der Waals surface area (Å²) in [6, 6.07) is 7.92. The van der Waals surface area contributed by atoms with Gasteiger partial charge in [0.1, 0.15) is 11.6 Å². The molecule has 1 aromatic heterocycles. The molecule has 0 radical (unpaired) electrons. The second kappa shape index (κ2) is 4.44. The van der Waals surface area contributed by atoms with E-state index in [-0.39, 0.29) is 6.10 Å². The van der Waals surface area contributed by atoms with Crippen LogP contribution in [0.4, 0.5) is 0 Å². The van der Waals surface area contributed by atoms with Crippen molar-refractivity contribution in [1.29, 1.82) is 0 Å². The maximum atomic E-state index is 5.68. The van der Waals surface area contributed by atoms with Crippen LogP contribution >= 0.6 is 0 Å². The SMILES string of the molecule is CC(C)Oc1cccc(-c2n[nH]c(C3CC3)n2)c1. The van der Waals surface area contributed by atoms with Crippen LogP contribution in [0.25, 0.3) is 11.4 Å². The lowest BCUT2D eigenvalue weighted by Crippen LogP contribution is -2.05. The van der Waals surface area contributed by atoms with E-state index < -0.39 is 0 Å². The summed E-state index contributed by atoms with van der Waals surface area (Å²) in [6.07, 6.45) is 2.63. The lowest BCUT2D eigenvalue weighted by atomic mass is 10.2. The molecule has 94 valence electrons. The fourth-order valence-electron chi connectivity index (χ4n) is 1.92. The van der Waals surface area contributed by atoms with Gasteiger partial charge in [0.2, 0.25) is 0 Å². The highest BCUT2D eigenvalue weighted by atomic mass is 16.5. The smallest absolute Gasteiger partial charge is 0.181 e. The Hall–Kier alpha value is -1.84. The minimum absolute atomic E-state index is 0.175. The fourth-order valence-corrected chi connectivity index (χ4v) is 1.92. The predicted molar refractivity (Wildman–Crippen MR) is 69.6 cm³/mol. The zero-order valence-corrected chi connectivity index (χ0v) is 10.7. The third-order valence-corrected chi connectivity index (χ3v) is 2.93. The summed E-state index contributed by atoms with van der Waals surface area (Å²) in [5.41, 5.74) is 0.997. The van der Waals surface area contributed by atoms with E-state index in [1.807, 2.05) is 38.1 Å². The summed E-state index contributed by atoms with van der Waals surface area (Å²) >= 11 is 0. The van der Waals surface area contributed by atoms with E-state index >= 15 is 0 Å². The topological polar surface area (TPSA) is 50.8 Å². The van der Waals surface area contributed by atoms with Crippen LogP contribution in [-0.4, -0.2) is 21.3 Å². The van der Waals surface area contributed by atoms with Gasteiger partial charge in [-0.1, -0.05) is 12.1 Å². The van der Waals surface area contributed by atoms with Crippen LogP contribution in [0, 0.1) is 0 Å². The lowest BCUT2D eigenvalue weighted by Gasteiger charge is -2.09. The Bertz CT molecular complexity index is 543. The van der Waals surface area contributed by atoms with E-state index in [2.05, 4.69) is 15.2 Å². The maximum Gasteiger partial charge on any atom is 0.181 e. The molecule has 0 aliphatic heterocycles. The van der Waals surface area contributed by atoms with Crippen molar-refractivity contribution in [2.24, 2.45) is 0 Å². The molecular formula is C14H17N3O. The molecule has 1 N–H and O–H groups in total. The van der Waals surface area contributed by atoms with E-state index in [9.17, 15) is 0 Å². The fraction of sp³-hybridized carbons (Fsp3) is 0.429. The monoisotopic (exact) mass is 243 g/mol. The molecule has 0 atom stereocenters. The number of rotatable bonds is 4. The molecule has 2 aromatic rings. The summed E-state index contributed by atoms with van der Waals surface area (Å²) < 4.78 is 5.68. The summed E-state index contributed by atoms with van der Waals surface area (Å²) in [4.78, 5) is 4.54. The van der Waals surface area contributed by atoms with Gasteiger partial charge in [-0.25, -0.2) is 4.98 Å². The molecule has 0 saturated heterocycles. The van der Waals surface area contributed by atoms with E-state index in [0.29, 0.717) is 5.92 Å². The zero-order valence-electron chi connectivity index (χ0n) is 10.7. The van der Waals surface area contributed by atoms with Crippen LogP contribution in [0.5, 0.6) is 5.75 Å². The quantitative estimate of drug-likeness (QED) is 0.897. The number of nitrogens with zero attached hydrogens (tertiary/aromatic N) is 2. The van der Waals surface area contributed by atoms with Gasteiger partial charge in [0.15, 0.2) is 5.82 Å². The first-order valence-corrected chi connectivity index (χ1v) is 6.42. The predicted octanol–water partition coefficient (Wildman–Crippen LogP) is 3.14. The van der Waals surface area contributed by atoms with Gasteiger partial charge < -0.3 is 4.74 Å². The molecule has 0 bridgehead atoms. The number of hydrogen-bond donors (Lipinski definition) is 1. The van der Waals surface area contributed by atoms with Crippen LogP contribution < -0.4 is 4.74 Å². The number of benzene rings is 1. The first-order chi connectivity index (χ1) is 8.72. The highest BCUT2D eigenvalue weighted by molar-refractivity contribution is 5.57. The second-order valence-electron chi connectivity index (χ2n) is 5.01. The Morgan fingerprint density at radius 3 is 2.89 bits per heavy atom. The van der Waals surface area contributed by atoms with Crippen molar-refractivity contribution < 1.29 is 4.74 Å². The van der Waals surface area contributed by atoms with Gasteiger partial charge in [0, 0.05) is 11.5 Å². The zero-order chi connectivity index (χ0) is 12.5. The van der Waals surface area contributed by atoms with Crippen LogP contribution in [0.1, 0.15) is 38.4 Å². The Morgan fingerprint density at radius 1 is 1.33 bits per heavy atom. The van der Waals surface area contributed by atoms with Gasteiger partial charge in [-0.05, 0) is 38.8 Å². The number of hydrogen-bond acceptors (Lipinski definition) is 3. The molecule has 4 nitrogen and oxygen atoms in total. The van der Waals surface area contributed by atoms with Crippen LogP contribution in [0.15, 0.2) is 24.3 Å². The average Bonchev–Trinajstić information content (AvgIpc) is 3.07. The normalized spacial score (nSPS) is 15.1. The van der Waals surface area contributed by atoms with E-state index in [0.717, 1.165) is 23.0 Å². The molecule has 0 unspecified atom stereocenters. The van der Waals surface area contributed by atoms with Gasteiger partial charge in [0.25, 0.3) is 0 Å². The van der Waals surface area contributed by atoms with Gasteiger partial charge in [-0.15, -0.1) is 0 Å². The largest absolute Gasteiger partial charge is 0.491 e. The summed E-state index contributed by atoms with van der Waals surface area (Å²) in [7, 11) is 0. The molecule has 1 fully saturated rings. The van der Waals surface area contributed by atoms with Crippen molar-refractivity contribution in [2.75, 3.05) is 0 Å². The molecular weight excluding hydrogens is 226 g/mol. The number of nitrogens with one attached hydrogen (secondary N) is 1. The van der Waals surface area contributed by atoms with Crippen molar-refractivity contribution >= 4 is 0 Å². The van der Waals surface area contributed by atoms with Gasteiger partial charge in [-0.2, -0.15) is 5.10 Å². The molecule has 1 aliphatic carbocycles. The molecule has 3 rings (SSSR count). The number of aromatic amines is 1. The highest BCUT2D eigenvalue weighted by Gasteiger charge is 2.27. The summed E-state index contributed by atoms with van der Waals surface area (Å²) in [5.74, 6) is 3.23. The van der Waals surface area contributed by atoms with Crippen molar-refractivity contribution in [3.63, 3.8) is 0 Å². The first kappa shape index (κ1) is 11.3. The van der Waals surface area contributed by atoms with Gasteiger partial charge >= 0.3 is 0 Å². The average molecular weight is 243 g/mol. The van der Waals surface area contributed by atoms with E-state index in [4.69, 9.17) is 4.74 Å². The van der Waals surface area contributed by atoms with Gasteiger partial charge in [-0.3, -0.25) is 5.10 Å².